The Morgan fingerprint density at radius 3 is 2.25 bits per heavy atom. The molecule has 0 atom stereocenters. The zero-order valence-electron chi connectivity index (χ0n) is 11.1. The molecule has 1 fully saturated rings. The summed E-state index contributed by atoms with van der Waals surface area (Å²) in [5.74, 6) is -1.36. The standard InChI is InChI=1S/C14H16N2O4/c1-9(17)16-11-4-2-10(3-5-11)12(18)15-8-14(6-7-14)13(19)20/h2-5H,6-8H2,1H3,(H,15,18)(H,16,17)(H,19,20). The zero-order chi connectivity index (χ0) is 14.8. The summed E-state index contributed by atoms with van der Waals surface area (Å²) < 4.78 is 0. The third-order valence-electron chi connectivity index (χ3n) is 3.36. The molecular weight excluding hydrogens is 260 g/mol. The fraction of sp³-hybridized carbons (Fsp3) is 0.357. The highest BCUT2D eigenvalue weighted by atomic mass is 16.4. The van der Waals surface area contributed by atoms with Crippen molar-refractivity contribution in [3.8, 4) is 0 Å². The molecule has 0 radical (unpaired) electrons. The number of carboxylic acids is 1. The first kappa shape index (κ1) is 14.0. The van der Waals surface area contributed by atoms with Crippen molar-refractivity contribution in [1.29, 1.82) is 0 Å². The van der Waals surface area contributed by atoms with Gasteiger partial charge in [0.1, 0.15) is 0 Å². The zero-order valence-corrected chi connectivity index (χ0v) is 11.1. The molecule has 6 heteroatoms. The van der Waals surface area contributed by atoms with Crippen LogP contribution in [0.2, 0.25) is 0 Å². The van der Waals surface area contributed by atoms with Gasteiger partial charge >= 0.3 is 5.97 Å². The number of benzene rings is 1. The highest BCUT2D eigenvalue weighted by molar-refractivity contribution is 5.95. The lowest BCUT2D eigenvalue weighted by atomic mass is 10.1. The maximum absolute atomic E-state index is 11.9. The lowest BCUT2D eigenvalue weighted by molar-refractivity contribution is -0.143. The van der Waals surface area contributed by atoms with Gasteiger partial charge in [0, 0.05) is 24.7 Å². The normalized spacial score (nSPS) is 15.2. The largest absolute Gasteiger partial charge is 0.481 e. The third-order valence-corrected chi connectivity index (χ3v) is 3.36. The number of hydrogen-bond acceptors (Lipinski definition) is 3. The predicted octanol–water partition coefficient (Wildman–Crippen LogP) is 1.24. The van der Waals surface area contributed by atoms with Gasteiger partial charge in [-0.3, -0.25) is 14.4 Å². The third kappa shape index (κ3) is 3.14. The van der Waals surface area contributed by atoms with Gasteiger partial charge in [-0.15, -0.1) is 0 Å². The maximum Gasteiger partial charge on any atom is 0.311 e. The fourth-order valence-electron chi connectivity index (χ4n) is 1.88. The first-order valence-electron chi connectivity index (χ1n) is 6.32. The molecule has 2 rings (SSSR count). The molecule has 106 valence electrons. The minimum Gasteiger partial charge on any atom is -0.481 e. The summed E-state index contributed by atoms with van der Waals surface area (Å²) in [7, 11) is 0. The molecule has 0 unspecified atom stereocenters. The van der Waals surface area contributed by atoms with Crippen LogP contribution in [0.15, 0.2) is 24.3 Å². The number of carboxylic acid groups (broad SMARTS) is 1. The van der Waals surface area contributed by atoms with E-state index in [-0.39, 0.29) is 18.4 Å². The van der Waals surface area contributed by atoms with Crippen LogP contribution in [0.5, 0.6) is 0 Å². The summed E-state index contributed by atoms with van der Waals surface area (Å²) >= 11 is 0. The van der Waals surface area contributed by atoms with Crippen LogP contribution in [0.1, 0.15) is 30.1 Å². The monoisotopic (exact) mass is 276 g/mol. The molecule has 1 aliphatic carbocycles. The lowest BCUT2D eigenvalue weighted by Gasteiger charge is -2.11. The minimum atomic E-state index is -0.862. The van der Waals surface area contributed by atoms with Crippen molar-refractivity contribution < 1.29 is 19.5 Å². The van der Waals surface area contributed by atoms with Crippen molar-refractivity contribution in [2.24, 2.45) is 5.41 Å². The van der Waals surface area contributed by atoms with Gasteiger partial charge in [-0.2, -0.15) is 0 Å². The lowest BCUT2D eigenvalue weighted by Crippen LogP contribution is -2.34. The van der Waals surface area contributed by atoms with Gasteiger partial charge in [-0.25, -0.2) is 0 Å². The number of aliphatic carboxylic acids is 1. The molecule has 20 heavy (non-hydrogen) atoms. The van der Waals surface area contributed by atoms with E-state index in [1.807, 2.05) is 0 Å². The van der Waals surface area contributed by atoms with E-state index < -0.39 is 11.4 Å². The van der Waals surface area contributed by atoms with E-state index in [1.54, 1.807) is 24.3 Å². The SMILES string of the molecule is CC(=O)Nc1ccc(C(=O)NCC2(C(=O)O)CC2)cc1. The highest BCUT2D eigenvalue weighted by Gasteiger charge is 2.50. The van der Waals surface area contributed by atoms with Crippen molar-refractivity contribution >= 4 is 23.5 Å². The molecular formula is C14H16N2O4. The molecule has 2 amide bonds. The van der Waals surface area contributed by atoms with Gasteiger partial charge in [0.05, 0.1) is 5.41 Å². The predicted molar refractivity (Wildman–Crippen MR) is 72.4 cm³/mol. The molecule has 0 bridgehead atoms. The molecule has 1 aromatic carbocycles. The second-order valence-corrected chi connectivity index (χ2v) is 5.03. The van der Waals surface area contributed by atoms with Gasteiger partial charge in [-0.05, 0) is 37.1 Å². The molecule has 1 aromatic rings. The summed E-state index contributed by atoms with van der Waals surface area (Å²) in [6, 6.07) is 6.42. The first-order chi connectivity index (χ1) is 9.43. The number of carbonyl (C=O) groups is 3. The van der Waals surface area contributed by atoms with Crippen LogP contribution in [0, 0.1) is 5.41 Å². The molecule has 6 nitrogen and oxygen atoms in total. The molecule has 1 aliphatic rings. The van der Waals surface area contributed by atoms with Crippen LogP contribution in [-0.4, -0.2) is 29.4 Å². The number of amides is 2. The van der Waals surface area contributed by atoms with Gasteiger partial charge in [-0.1, -0.05) is 0 Å². The second kappa shape index (κ2) is 5.32. The Hall–Kier alpha value is -2.37. The number of rotatable bonds is 5. The fourth-order valence-corrected chi connectivity index (χ4v) is 1.88. The topological polar surface area (TPSA) is 95.5 Å². The van der Waals surface area contributed by atoms with Crippen LogP contribution in [0.4, 0.5) is 5.69 Å². The van der Waals surface area contributed by atoms with Crippen molar-refractivity contribution in [3.63, 3.8) is 0 Å². The Morgan fingerprint density at radius 1 is 1.20 bits per heavy atom. The molecule has 0 saturated heterocycles. The average Bonchev–Trinajstić information content (AvgIpc) is 3.17. The second-order valence-electron chi connectivity index (χ2n) is 5.03. The Kier molecular flexibility index (Phi) is 3.74. The molecule has 3 N–H and O–H groups in total. The van der Waals surface area contributed by atoms with Crippen molar-refractivity contribution in [2.45, 2.75) is 19.8 Å². The van der Waals surface area contributed by atoms with E-state index in [0.29, 0.717) is 24.1 Å². The number of nitrogens with one attached hydrogen (secondary N) is 2. The molecule has 0 aromatic heterocycles. The average molecular weight is 276 g/mol. The van der Waals surface area contributed by atoms with Gasteiger partial charge in [0.2, 0.25) is 5.91 Å². The smallest absolute Gasteiger partial charge is 0.311 e. The molecule has 0 heterocycles. The summed E-state index contributed by atoms with van der Waals surface area (Å²) in [6.07, 6.45) is 1.20. The summed E-state index contributed by atoms with van der Waals surface area (Å²) in [6.45, 7) is 1.55. The van der Waals surface area contributed by atoms with Crippen LogP contribution in [0.25, 0.3) is 0 Å². The Balaban J connectivity index is 1.93. The summed E-state index contributed by atoms with van der Waals surface area (Å²) in [4.78, 5) is 33.7. The van der Waals surface area contributed by atoms with Crippen molar-refractivity contribution in [1.82, 2.24) is 5.32 Å². The summed E-state index contributed by atoms with van der Waals surface area (Å²) in [5.41, 5.74) is 0.268. The quantitative estimate of drug-likeness (QED) is 0.754. The van der Waals surface area contributed by atoms with E-state index in [0.717, 1.165) is 0 Å². The number of hydrogen-bond donors (Lipinski definition) is 3. The van der Waals surface area contributed by atoms with E-state index in [4.69, 9.17) is 5.11 Å². The van der Waals surface area contributed by atoms with E-state index in [2.05, 4.69) is 10.6 Å². The summed E-state index contributed by atoms with van der Waals surface area (Å²) in [5, 5.41) is 14.3. The van der Waals surface area contributed by atoms with Crippen LogP contribution >= 0.6 is 0 Å². The van der Waals surface area contributed by atoms with E-state index in [1.165, 1.54) is 6.92 Å². The van der Waals surface area contributed by atoms with Crippen LogP contribution in [0.3, 0.4) is 0 Å². The van der Waals surface area contributed by atoms with Gasteiger partial charge < -0.3 is 15.7 Å². The van der Waals surface area contributed by atoms with Crippen LogP contribution in [-0.2, 0) is 9.59 Å². The molecule has 0 spiro atoms. The van der Waals surface area contributed by atoms with Crippen LogP contribution < -0.4 is 10.6 Å². The maximum atomic E-state index is 11.9. The highest BCUT2D eigenvalue weighted by Crippen LogP contribution is 2.45. The van der Waals surface area contributed by atoms with E-state index in [9.17, 15) is 14.4 Å². The minimum absolute atomic E-state index is 0.147. The molecule has 1 saturated carbocycles. The Bertz CT molecular complexity index is 547. The molecule has 0 aliphatic heterocycles. The number of anilines is 1. The number of carbonyl (C=O) groups excluding carboxylic acids is 2. The van der Waals surface area contributed by atoms with Gasteiger partial charge in [0.25, 0.3) is 5.91 Å². The Labute approximate surface area is 116 Å². The van der Waals surface area contributed by atoms with E-state index >= 15 is 0 Å². The Morgan fingerprint density at radius 2 is 1.80 bits per heavy atom. The first-order valence-corrected chi connectivity index (χ1v) is 6.32. The van der Waals surface area contributed by atoms with Crippen molar-refractivity contribution in [3.05, 3.63) is 29.8 Å². The van der Waals surface area contributed by atoms with Gasteiger partial charge in [0.15, 0.2) is 0 Å². The van der Waals surface area contributed by atoms with Crippen molar-refractivity contribution in [2.75, 3.05) is 11.9 Å².